The fourth-order valence-electron chi connectivity index (χ4n) is 6.23. The second-order valence-electron chi connectivity index (χ2n) is 11.4. The molecule has 4 atom stereocenters. The van der Waals surface area contributed by atoms with Crippen LogP contribution in [0.2, 0.25) is 0 Å². The van der Waals surface area contributed by atoms with E-state index in [9.17, 15) is 4.79 Å². The lowest BCUT2D eigenvalue weighted by Crippen LogP contribution is -2.54. The van der Waals surface area contributed by atoms with Crippen LogP contribution in [0, 0.1) is 13.8 Å². The van der Waals surface area contributed by atoms with Crippen molar-refractivity contribution in [3.8, 4) is 0 Å². The number of nitrogens with one attached hydrogen (secondary N) is 1. The molecule has 0 aliphatic carbocycles. The molecule has 1 aromatic carbocycles. The number of piperidine rings is 1. The lowest BCUT2D eigenvalue weighted by molar-refractivity contribution is -0.0547. The van der Waals surface area contributed by atoms with Gasteiger partial charge in [-0.1, -0.05) is 29.8 Å². The van der Waals surface area contributed by atoms with E-state index in [0.717, 1.165) is 75.9 Å². The number of aryl methyl sites for hydroxylation is 2. The van der Waals surface area contributed by atoms with Crippen LogP contribution >= 0.6 is 0 Å². The zero-order valence-corrected chi connectivity index (χ0v) is 23.7. The van der Waals surface area contributed by atoms with Crippen molar-refractivity contribution in [1.29, 1.82) is 0 Å². The van der Waals surface area contributed by atoms with Crippen molar-refractivity contribution in [3.05, 3.63) is 58.7 Å². The first kappa shape index (κ1) is 28.1. The molecule has 0 saturated carbocycles. The minimum atomic E-state index is 0.0174. The van der Waals surface area contributed by atoms with Crippen LogP contribution in [0.5, 0.6) is 0 Å². The fourth-order valence-corrected chi connectivity index (χ4v) is 6.23. The van der Waals surface area contributed by atoms with E-state index in [1.807, 2.05) is 11.8 Å². The summed E-state index contributed by atoms with van der Waals surface area (Å²) in [5, 5.41) is 3.76. The number of likely N-dealkylation sites (tertiary alicyclic amines) is 1. The van der Waals surface area contributed by atoms with Gasteiger partial charge in [0.25, 0.3) is 5.91 Å². The van der Waals surface area contributed by atoms with Crippen LogP contribution in [-0.2, 0) is 20.6 Å². The number of ether oxygens (including phenoxy) is 3. The van der Waals surface area contributed by atoms with Crippen LogP contribution in [0.3, 0.4) is 0 Å². The van der Waals surface area contributed by atoms with Gasteiger partial charge in [0.05, 0.1) is 24.9 Å². The van der Waals surface area contributed by atoms with Crippen LogP contribution in [0.1, 0.15) is 83.9 Å². The number of hydrogen-bond donors (Lipinski definition) is 1. The number of methoxy groups -OCH3 is 1. The number of rotatable bonds is 8. The number of amides is 1. The molecule has 1 N–H and O–H groups in total. The molecule has 8 heteroatoms. The molecular weight excluding hydrogens is 492 g/mol. The molecule has 3 fully saturated rings. The van der Waals surface area contributed by atoms with Gasteiger partial charge in [-0.05, 0) is 70.8 Å². The quantitative estimate of drug-likeness (QED) is 0.537. The Morgan fingerprint density at radius 2 is 1.87 bits per heavy atom. The Kier molecular flexibility index (Phi) is 9.61. The van der Waals surface area contributed by atoms with Gasteiger partial charge in [0.2, 0.25) is 0 Å². The smallest absolute Gasteiger partial charge is 0.272 e. The summed E-state index contributed by atoms with van der Waals surface area (Å²) in [6.45, 7) is 6.97. The third kappa shape index (κ3) is 7.04. The van der Waals surface area contributed by atoms with Gasteiger partial charge >= 0.3 is 0 Å². The Labute approximate surface area is 232 Å². The molecule has 2 aromatic rings. The lowest BCUT2D eigenvalue weighted by atomic mass is 9.95. The number of hydrogen-bond acceptors (Lipinski definition) is 7. The Balaban J connectivity index is 1.13. The summed E-state index contributed by atoms with van der Waals surface area (Å²) in [6.07, 6.45) is 9.83. The minimum absolute atomic E-state index is 0.0174. The van der Waals surface area contributed by atoms with Gasteiger partial charge in [-0.25, -0.2) is 9.97 Å². The number of aromatic nitrogens is 2. The summed E-state index contributed by atoms with van der Waals surface area (Å²) < 4.78 is 17.6. The van der Waals surface area contributed by atoms with Gasteiger partial charge in [-0.15, -0.1) is 0 Å². The van der Waals surface area contributed by atoms with Crippen molar-refractivity contribution in [2.45, 2.75) is 95.6 Å². The number of carbonyl (C=O) groups is 1. The molecule has 0 radical (unpaired) electrons. The minimum Gasteiger partial charge on any atom is -0.379 e. The summed E-state index contributed by atoms with van der Waals surface area (Å²) in [4.78, 5) is 24.4. The normalized spacial score (nSPS) is 26.5. The zero-order chi connectivity index (χ0) is 27.2. The van der Waals surface area contributed by atoms with E-state index in [0.29, 0.717) is 24.4 Å². The Morgan fingerprint density at radius 1 is 1.08 bits per heavy atom. The summed E-state index contributed by atoms with van der Waals surface area (Å²) in [6, 6.07) is 9.39. The summed E-state index contributed by atoms with van der Waals surface area (Å²) in [7, 11) is 1.75. The molecule has 0 bridgehead atoms. The van der Waals surface area contributed by atoms with Gasteiger partial charge in [0, 0.05) is 50.1 Å². The highest BCUT2D eigenvalue weighted by atomic mass is 16.5. The van der Waals surface area contributed by atoms with E-state index in [4.69, 9.17) is 14.2 Å². The Hall–Kier alpha value is -2.39. The topological polar surface area (TPSA) is 85.8 Å². The highest BCUT2D eigenvalue weighted by Gasteiger charge is 2.31. The van der Waals surface area contributed by atoms with Crippen molar-refractivity contribution in [1.82, 2.24) is 20.2 Å². The zero-order valence-electron chi connectivity index (χ0n) is 23.7. The number of nitrogens with zero attached hydrogens (tertiary/aromatic N) is 3. The second-order valence-corrected chi connectivity index (χ2v) is 11.4. The van der Waals surface area contributed by atoms with Gasteiger partial charge < -0.3 is 24.4 Å². The van der Waals surface area contributed by atoms with Crippen LogP contribution in [-0.4, -0.2) is 78.5 Å². The van der Waals surface area contributed by atoms with Crippen molar-refractivity contribution in [2.24, 2.45) is 0 Å². The molecule has 1 aromatic heterocycles. The molecule has 8 nitrogen and oxygen atoms in total. The molecule has 4 heterocycles. The van der Waals surface area contributed by atoms with Crippen molar-refractivity contribution < 1.29 is 19.0 Å². The van der Waals surface area contributed by atoms with Gasteiger partial charge in [0.1, 0.15) is 12.0 Å². The predicted octanol–water partition coefficient (Wildman–Crippen LogP) is 4.33. The first-order chi connectivity index (χ1) is 19.0. The maximum absolute atomic E-state index is 13.5. The average Bonchev–Trinajstić information content (AvgIpc) is 2.97. The van der Waals surface area contributed by atoms with E-state index >= 15 is 0 Å². The second kappa shape index (κ2) is 13.3. The third-order valence-corrected chi connectivity index (χ3v) is 8.73. The van der Waals surface area contributed by atoms with Gasteiger partial charge in [-0.3, -0.25) is 4.79 Å². The standard InChI is InChI=1S/C31H44N4O4/c1-21-7-9-23(10-8-21)28-6-4-5-25(39-28)11-12-26-22(2)30(33-20-32-26)31(36)35-16-13-24(14-17-35)34-27-15-18-38-19-29(27)37-3/h7-10,20,24-25,27-29,34H,4-6,11-19H2,1-3H3. The summed E-state index contributed by atoms with van der Waals surface area (Å²) >= 11 is 0. The molecule has 3 saturated heterocycles. The SMILES string of the molecule is COC1COCCC1NC1CCN(C(=O)c2ncnc(CCC3CCCC(c4ccc(C)cc4)O3)c2C)CC1. The van der Waals surface area contributed by atoms with Crippen molar-refractivity contribution in [3.63, 3.8) is 0 Å². The number of benzene rings is 1. The number of carbonyl (C=O) groups excluding carboxylic acids is 1. The Morgan fingerprint density at radius 3 is 2.64 bits per heavy atom. The maximum atomic E-state index is 13.5. The monoisotopic (exact) mass is 536 g/mol. The Bertz CT molecular complexity index is 1090. The molecule has 3 aliphatic heterocycles. The maximum Gasteiger partial charge on any atom is 0.272 e. The molecule has 4 unspecified atom stereocenters. The van der Waals surface area contributed by atoms with E-state index in [-0.39, 0.29) is 24.2 Å². The first-order valence-electron chi connectivity index (χ1n) is 14.7. The van der Waals surface area contributed by atoms with Crippen molar-refractivity contribution >= 4 is 5.91 Å². The predicted molar refractivity (Wildman–Crippen MR) is 150 cm³/mol. The molecule has 1 amide bonds. The molecular formula is C31H44N4O4. The van der Waals surface area contributed by atoms with Crippen LogP contribution < -0.4 is 5.32 Å². The van der Waals surface area contributed by atoms with Crippen molar-refractivity contribution in [2.75, 3.05) is 33.4 Å². The molecule has 3 aliphatic rings. The average molecular weight is 537 g/mol. The van der Waals surface area contributed by atoms with Crippen LogP contribution in [0.4, 0.5) is 0 Å². The van der Waals surface area contributed by atoms with E-state index < -0.39 is 0 Å². The highest BCUT2D eigenvalue weighted by molar-refractivity contribution is 5.93. The van der Waals surface area contributed by atoms with Crippen LogP contribution in [0.25, 0.3) is 0 Å². The lowest BCUT2D eigenvalue weighted by Gasteiger charge is -2.38. The summed E-state index contributed by atoms with van der Waals surface area (Å²) in [5.41, 5.74) is 4.93. The van der Waals surface area contributed by atoms with Crippen LogP contribution in [0.15, 0.2) is 30.6 Å². The first-order valence-corrected chi connectivity index (χ1v) is 14.7. The van der Waals surface area contributed by atoms with E-state index in [1.165, 1.54) is 17.5 Å². The fraction of sp³-hybridized carbons (Fsp3) is 0.645. The van der Waals surface area contributed by atoms with E-state index in [1.54, 1.807) is 13.4 Å². The molecule has 5 rings (SSSR count). The van der Waals surface area contributed by atoms with E-state index in [2.05, 4.69) is 46.5 Å². The van der Waals surface area contributed by atoms with Gasteiger partial charge in [-0.2, -0.15) is 0 Å². The largest absolute Gasteiger partial charge is 0.379 e. The highest BCUT2D eigenvalue weighted by Crippen LogP contribution is 2.33. The molecule has 0 spiro atoms. The van der Waals surface area contributed by atoms with Gasteiger partial charge in [0.15, 0.2) is 0 Å². The molecule has 39 heavy (non-hydrogen) atoms. The third-order valence-electron chi connectivity index (χ3n) is 8.73. The summed E-state index contributed by atoms with van der Waals surface area (Å²) in [5.74, 6) is 0.0174. The molecule has 212 valence electrons.